The fraction of sp³-hybridized carbons (Fsp3) is 0.200. The number of non-ortho nitro benzene ring substituents is 1. The predicted molar refractivity (Wildman–Crippen MR) is 61.7 cm³/mol. The lowest BCUT2D eigenvalue weighted by Gasteiger charge is -2.04. The van der Waals surface area contributed by atoms with Gasteiger partial charge in [0.2, 0.25) is 0 Å². The zero-order valence-electron chi connectivity index (χ0n) is 8.75. The molecule has 0 saturated carbocycles. The van der Waals surface area contributed by atoms with Crippen molar-refractivity contribution in [3.63, 3.8) is 0 Å². The number of nitro benzene ring substituents is 2. The molecule has 7 heteroatoms. The summed E-state index contributed by atoms with van der Waals surface area (Å²) in [5, 5.41) is 24.0. The molecule has 1 aromatic rings. The minimum Gasteiger partial charge on any atom is -0.379 e. The van der Waals surface area contributed by atoms with E-state index in [9.17, 15) is 20.2 Å². The Kier molecular flexibility index (Phi) is 4.00. The fourth-order valence-electron chi connectivity index (χ4n) is 1.20. The topological polar surface area (TPSA) is 98.3 Å². The molecule has 0 aliphatic rings. The van der Waals surface area contributed by atoms with Crippen molar-refractivity contribution in [2.75, 3.05) is 11.9 Å². The minimum atomic E-state index is -0.682. The molecule has 0 fully saturated rings. The second-order valence-electron chi connectivity index (χ2n) is 3.10. The monoisotopic (exact) mass is 235 g/mol. The molecule has 0 amide bonds. The molecule has 17 heavy (non-hydrogen) atoms. The van der Waals surface area contributed by atoms with Crippen molar-refractivity contribution in [3.8, 4) is 12.3 Å². The van der Waals surface area contributed by atoms with Crippen LogP contribution < -0.4 is 5.32 Å². The molecule has 1 N–H and O–H groups in total. The van der Waals surface area contributed by atoms with Gasteiger partial charge in [-0.15, -0.1) is 12.3 Å². The number of benzene rings is 1. The molecule has 0 aromatic heterocycles. The van der Waals surface area contributed by atoms with E-state index in [-0.39, 0.29) is 17.1 Å². The Morgan fingerprint density at radius 2 is 2.00 bits per heavy atom. The van der Waals surface area contributed by atoms with Crippen LogP contribution in [0.2, 0.25) is 0 Å². The lowest BCUT2D eigenvalue weighted by Crippen LogP contribution is -2.04. The normalized spacial score (nSPS) is 9.35. The van der Waals surface area contributed by atoms with Crippen molar-refractivity contribution in [2.45, 2.75) is 6.42 Å². The fourth-order valence-corrected chi connectivity index (χ4v) is 1.20. The first-order valence-electron chi connectivity index (χ1n) is 4.66. The summed E-state index contributed by atoms with van der Waals surface area (Å²) in [6.07, 6.45) is 5.45. The Morgan fingerprint density at radius 1 is 1.29 bits per heavy atom. The molecule has 0 aliphatic carbocycles. The highest BCUT2D eigenvalue weighted by atomic mass is 16.6. The molecule has 1 aromatic carbocycles. The zero-order valence-corrected chi connectivity index (χ0v) is 8.75. The van der Waals surface area contributed by atoms with Gasteiger partial charge in [-0.2, -0.15) is 0 Å². The highest BCUT2D eigenvalue weighted by Gasteiger charge is 2.18. The Balaban J connectivity index is 3.01. The summed E-state index contributed by atoms with van der Waals surface area (Å²) in [5.41, 5.74) is -0.439. The van der Waals surface area contributed by atoms with E-state index in [1.54, 1.807) is 0 Å². The van der Waals surface area contributed by atoms with Gasteiger partial charge in [0, 0.05) is 19.0 Å². The van der Waals surface area contributed by atoms with Crippen molar-refractivity contribution in [1.29, 1.82) is 0 Å². The third-order valence-electron chi connectivity index (χ3n) is 1.97. The summed E-state index contributed by atoms with van der Waals surface area (Å²) in [6.45, 7) is 0.370. The smallest absolute Gasteiger partial charge is 0.299 e. The second-order valence-corrected chi connectivity index (χ2v) is 3.10. The Hall–Kier alpha value is -2.62. The molecule has 0 spiro atoms. The number of hydrogen-bond acceptors (Lipinski definition) is 5. The van der Waals surface area contributed by atoms with Gasteiger partial charge in [-0.05, 0) is 6.07 Å². The lowest BCUT2D eigenvalue weighted by atomic mass is 10.2. The summed E-state index contributed by atoms with van der Waals surface area (Å²) in [7, 11) is 0. The van der Waals surface area contributed by atoms with Crippen LogP contribution in [0.25, 0.3) is 0 Å². The molecule has 0 unspecified atom stereocenters. The molecule has 1 rings (SSSR count). The van der Waals surface area contributed by atoms with Crippen molar-refractivity contribution in [1.82, 2.24) is 0 Å². The van der Waals surface area contributed by atoms with Crippen LogP contribution in [0.3, 0.4) is 0 Å². The van der Waals surface area contributed by atoms with Gasteiger partial charge in [-0.25, -0.2) is 0 Å². The van der Waals surface area contributed by atoms with Crippen molar-refractivity contribution >= 4 is 17.1 Å². The first-order chi connectivity index (χ1) is 8.06. The van der Waals surface area contributed by atoms with E-state index >= 15 is 0 Å². The summed E-state index contributed by atoms with van der Waals surface area (Å²) < 4.78 is 0. The Labute approximate surface area is 96.7 Å². The summed E-state index contributed by atoms with van der Waals surface area (Å²) in [4.78, 5) is 19.9. The van der Waals surface area contributed by atoms with Crippen molar-refractivity contribution < 1.29 is 9.85 Å². The molecule has 0 bridgehead atoms. The van der Waals surface area contributed by atoms with E-state index in [0.29, 0.717) is 13.0 Å². The largest absolute Gasteiger partial charge is 0.379 e. The molecule has 7 nitrogen and oxygen atoms in total. The maximum atomic E-state index is 10.7. The average molecular weight is 235 g/mol. The highest BCUT2D eigenvalue weighted by Crippen LogP contribution is 2.28. The molecule has 0 aliphatic heterocycles. The summed E-state index contributed by atoms with van der Waals surface area (Å²) in [5.74, 6) is 2.38. The van der Waals surface area contributed by atoms with Crippen LogP contribution >= 0.6 is 0 Å². The standard InChI is InChI=1S/C10H9N3O4/c1-2-3-6-11-9-5-4-8(12(14)15)7-10(9)13(16)17/h1,4-5,7,11H,3,6H2. The van der Waals surface area contributed by atoms with Gasteiger partial charge >= 0.3 is 0 Å². The van der Waals surface area contributed by atoms with Crippen LogP contribution in [0, 0.1) is 32.6 Å². The molecule has 0 heterocycles. The van der Waals surface area contributed by atoms with Crippen LogP contribution in [-0.2, 0) is 0 Å². The quantitative estimate of drug-likeness (QED) is 0.364. The SMILES string of the molecule is C#CCCNc1ccc([N+](=O)[O-])cc1[N+](=O)[O-]. The number of anilines is 1. The maximum absolute atomic E-state index is 10.7. The molecule has 0 saturated heterocycles. The van der Waals surface area contributed by atoms with E-state index < -0.39 is 9.85 Å². The van der Waals surface area contributed by atoms with Crippen LogP contribution in [0.1, 0.15) is 6.42 Å². The van der Waals surface area contributed by atoms with Crippen LogP contribution in [0.4, 0.5) is 17.1 Å². The van der Waals surface area contributed by atoms with E-state index in [4.69, 9.17) is 6.42 Å². The van der Waals surface area contributed by atoms with Gasteiger partial charge < -0.3 is 5.32 Å². The van der Waals surface area contributed by atoms with Gasteiger partial charge in [0.05, 0.1) is 15.9 Å². The Morgan fingerprint density at radius 3 is 2.53 bits per heavy atom. The maximum Gasteiger partial charge on any atom is 0.299 e. The Bertz CT molecular complexity index is 493. The molecular weight excluding hydrogens is 226 g/mol. The van der Waals surface area contributed by atoms with Gasteiger partial charge in [0.25, 0.3) is 11.4 Å². The number of rotatable bonds is 5. The second kappa shape index (κ2) is 5.46. The third-order valence-corrected chi connectivity index (χ3v) is 1.97. The van der Waals surface area contributed by atoms with Gasteiger partial charge in [0.1, 0.15) is 5.69 Å². The molecule has 0 atom stereocenters. The van der Waals surface area contributed by atoms with Gasteiger partial charge in [-0.3, -0.25) is 20.2 Å². The minimum absolute atomic E-state index is 0.218. The number of terminal acetylenes is 1. The predicted octanol–water partition coefficient (Wildman–Crippen LogP) is 1.94. The number of hydrogen-bond donors (Lipinski definition) is 1. The molecule has 0 radical (unpaired) electrons. The first-order valence-corrected chi connectivity index (χ1v) is 4.66. The molecule has 88 valence electrons. The van der Waals surface area contributed by atoms with Crippen molar-refractivity contribution in [3.05, 3.63) is 38.4 Å². The number of nitrogens with one attached hydrogen (secondary N) is 1. The van der Waals surface area contributed by atoms with E-state index in [2.05, 4.69) is 11.2 Å². The summed E-state index contributed by atoms with van der Waals surface area (Å²) >= 11 is 0. The number of nitrogens with zero attached hydrogens (tertiary/aromatic N) is 2. The number of nitro groups is 2. The van der Waals surface area contributed by atoms with Crippen LogP contribution in [-0.4, -0.2) is 16.4 Å². The van der Waals surface area contributed by atoms with Crippen LogP contribution in [0.5, 0.6) is 0 Å². The van der Waals surface area contributed by atoms with Gasteiger partial charge in [-0.1, -0.05) is 0 Å². The van der Waals surface area contributed by atoms with Gasteiger partial charge in [0.15, 0.2) is 0 Å². The third kappa shape index (κ3) is 3.17. The first kappa shape index (κ1) is 12.4. The molecular formula is C10H9N3O4. The van der Waals surface area contributed by atoms with E-state index in [0.717, 1.165) is 6.07 Å². The lowest BCUT2D eigenvalue weighted by molar-refractivity contribution is -0.393. The van der Waals surface area contributed by atoms with E-state index in [1.165, 1.54) is 12.1 Å². The van der Waals surface area contributed by atoms with E-state index in [1.807, 2.05) is 0 Å². The van der Waals surface area contributed by atoms with Crippen molar-refractivity contribution in [2.24, 2.45) is 0 Å². The average Bonchev–Trinajstić information content (AvgIpc) is 2.29. The highest BCUT2D eigenvalue weighted by molar-refractivity contribution is 5.65. The summed E-state index contributed by atoms with van der Waals surface area (Å²) in [6, 6.07) is 3.41. The zero-order chi connectivity index (χ0) is 12.8. The van der Waals surface area contributed by atoms with Crippen LogP contribution in [0.15, 0.2) is 18.2 Å².